The van der Waals surface area contributed by atoms with Gasteiger partial charge in [-0.3, -0.25) is 4.79 Å². The quantitative estimate of drug-likeness (QED) is 0.928. The maximum Gasteiger partial charge on any atom is 0.410 e. The molecule has 1 aromatic carbocycles. The second-order valence-corrected chi connectivity index (χ2v) is 6.30. The molecule has 1 saturated heterocycles. The highest BCUT2D eigenvalue weighted by molar-refractivity contribution is 5.78. The van der Waals surface area contributed by atoms with E-state index in [1.165, 1.54) is 0 Å². The lowest BCUT2D eigenvalue weighted by atomic mass is 9.64. The van der Waals surface area contributed by atoms with Crippen LogP contribution in [0.5, 0.6) is 0 Å². The van der Waals surface area contributed by atoms with E-state index in [0.29, 0.717) is 13.0 Å². The first-order chi connectivity index (χ1) is 10.6. The second-order valence-electron chi connectivity index (χ2n) is 6.30. The Bertz CT molecular complexity index is 555. The van der Waals surface area contributed by atoms with Gasteiger partial charge in [0.1, 0.15) is 6.61 Å². The molecule has 2 aliphatic rings. The lowest BCUT2D eigenvalue weighted by Gasteiger charge is -2.39. The fourth-order valence-electron chi connectivity index (χ4n) is 3.44. The average molecular weight is 303 g/mol. The molecule has 1 N–H and O–H groups in total. The first-order valence-corrected chi connectivity index (χ1v) is 7.81. The summed E-state index contributed by atoms with van der Waals surface area (Å²) in [6, 6.07) is 9.49. The maximum absolute atomic E-state index is 12.2. The number of hydrogen-bond donors (Lipinski definition) is 1. The molecule has 0 aromatic heterocycles. The van der Waals surface area contributed by atoms with E-state index in [-0.39, 0.29) is 19.1 Å². The third-order valence-electron chi connectivity index (χ3n) is 5.08. The number of ether oxygens (including phenoxy) is 1. The molecular weight excluding hydrogens is 282 g/mol. The van der Waals surface area contributed by atoms with Crippen molar-refractivity contribution in [3.8, 4) is 0 Å². The molecule has 1 atom stereocenters. The zero-order chi connectivity index (χ0) is 15.6. The minimum Gasteiger partial charge on any atom is -0.481 e. The third-order valence-corrected chi connectivity index (χ3v) is 5.08. The number of amides is 1. The molecule has 1 unspecified atom stereocenters. The zero-order valence-corrected chi connectivity index (χ0v) is 12.5. The Balaban J connectivity index is 1.59. The number of aliphatic carboxylic acids is 1. The molecule has 1 aliphatic heterocycles. The lowest BCUT2D eigenvalue weighted by Crippen LogP contribution is -2.45. The van der Waals surface area contributed by atoms with Crippen molar-refractivity contribution in [1.82, 2.24) is 4.90 Å². The van der Waals surface area contributed by atoms with Gasteiger partial charge in [0.15, 0.2) is 0 Å². The number of hydrogen-bond acceptors (Lipinski definition) is 3. The second kappa shape index (κ2) is 5.99. The topological polar surface area (TPSA) is 66.8 Å². The molecule has 1 saturated carbocycles. The van der Waals surface area contributed by atoms with Crippen LogP contribution in [0, 0.1) is 11.3 Å². The van der Waals surface area contributed by atoms with E-state index in [2.05, 4.69) is 0 Å². The Kier molecular flexibility index (Phi) is 4.05. The summed E-state index contributed by atoms with van der Waals surface area (Å²) in [5, 5.41) is 9.63. The van der Waals surface area contributed by atoms with Crippen LogP contribution in [-0.2, 0) is 16.1 Å². The number of carbonyl (C=O) groups is 2. The van der Waals surface area contributed by atoms with Crippen molar-refractivity contribution >= 4 is 12.1 Å². The number of rotatable bonds is 4. The highest BCUT2D eigenvalue weighted by Gasteiger charge is 2.53. The summed E-state index contributed by atoms with van der Waals surface area (Å²) < 4.78 is 5.31. The maximum atomic E-state index is 12.2. The van der Waals surface area contributed by atoms with E-state index in [4.69, 9.17) is 4.74 Å². The molecule has 1 aliphatic carbocycles. The van der Waals surface area contributed by atoms with Crippen molar-refractivity contribution in [2.75, 3.05) is 13.1 Å². The van der Waals surface area contributed by atoms with E-state index in [1.54, 1.807) is 4.90 Å². The van der Waals surface area contributed by atoms with Crippen LogP contribution in [0.25, 0.3) is 0 Å². The van der Waals surface area contributed by atoms with Gasteiger partial charge in [0.2, 0.25) is 0 Å². The Hall–Kier alpha value is -2.04. The van der Waals surface area contributed by atoms with Crippen molar-refractivity contribution in [3.05, 3.63) is 35.9 Å². The van der Waals surface area contributed by atoms with Gasteiger partial charge in [0.25, 0.3) is 0 Å². The van der Waals surface area contributed by atoms with Crippen LogP contribution in [0.3, 0.4) is 0 Å². The molecular formula is C17H21NO4. The van der Waals surface area contributed by atoms with E-state index in [9.17, 15) is 14.7 Å². The Morgan fingerprint density at radius 3 is 2.59 bits per heavy atom. The predicted molar refractivity (Wildman–Crippen MR) is 80.2 cm³/mol. The number of likely N-dealkylation sites (tertiary alicyclic amines) is 1. The lowest BCUT2D eigenvalue weighted by molar-refractivity contribution is -0.153. The van der Waals surface area contributed by atoms with Gasteiger partial charge in [-0.05, 0) is 30.7 Å². The summed E-state index contributed by atoms with van der Waals surface area (Å²) in [5.41, 5.74) is 0.169. The smallest absolute Gasteiger partial charge is 0.410 e. The highest BCUT2D eigenvalue weighted by Crippen LogP contribution is 2.48. The van der Waals surface area contributed by atoms with Crippen LogP contribution >= 0.6 is 0 Å². The fraction of sp³-hybridized carbons (Fsp3) is 0.529. The van der Waals surface area contributed by atoms with E-state index in [1.807, 2.05) is 30.3 Å². The Labute approximate surface area is 129 Å². The van der Waals surface area contributed by atoms with Gasteiger partial charge in [0.05, 0.1) is 5.41 Å². The van der Waals surface area contributed by atoms with Crippen molar-refractivity contribution in [3.63, 3.8) is 0 Å². The van der Waals surface area contributed by atoms with E-state index < -0.39 is 17.5 Å². The fourth-order valence-corrected chi connectivity index (χ4v) is 3.44. The molecule has 0 bridgehead atoms. The monoisotopic (exact) mass is 303 g/mol. The van der Waals surface area contributed by atoms with Crippen molar-refractivity contribution in [2.45, 2.75) is 32.3 Å². The molecule has 3 rings (SSSR count). The summed E-state index contributed by atoms with van der Waals surface area (Å²) in [6.45, 7) is 0.969. The third kappa shape index (κ3) is 2.67. The van der Waals surface area contributed by atoms with Gasteiger partial charge in [-0.15, -0.1) is 0 Å². The first-order valence-electron chi connectivity index (χ1n) is 7.81. The largest absolute Gasteiger partial charge is 0.481 e. The summed E-state index contributed by atoms with van der Waals surface area (Å²) in [5.74, 6) is -0.563. The first kappa shape index (κ1) is 14.9. The molecule has 22 heavy (non-hydrogen) atoms. The van der Waals surface area contributed by atoms with Crippen LogP contribution in [0.2, 0.25) is 0 Å². The van der Waals surface area contributed by atoms with E-state index >= 15 is 0 Å². The van der Waals surface area contributed by atoms with Gasteiger partial charge in [-0.2, -0.15) is 0 Å². The van der Waals surface area contributed by atoms with Crippen LogP contribution in [0.4, 0.5) is 4.79 Å². The SMILES string of the molecule is O=C(OCc1ccccc1)N1CCC(C(=O)O)(C2CCC2)C1. The molecule has 2 fully saturated rings. The standard InChI is InChI=1S/C17H21NO4/c19-15(20)17(14-7-4-8-14)9-10-18(12-17)16(21)22-11-13-5-2-1-3-6-13/h1-3,5-6,14H,4,7-12H2,(H,19,20). The summed E-state index contributed by atoms with van der Waals surface area (Å²) in [4.78, 5) is 25.4. The number of carboxylic acid groups (broad SMARTS) is 1. The van der Waals surface area contributed by atoms with E-state index in [0.717, 1.165) is 24.8 Å². The number of carboxylic acids is 1. The van der Waals surface area contributed by atoms with Crippen molar-refractivity contribution in [2.24, 2.45) is 11.3 Å². The molecule has 1 amide bonds. The predicted octanol–water partition coefficient (Wildman–Crippen LogP) is 2.90. The van der Waals surface area contributed by atoms with Crippen molar-refractivity contribution in [1.29, 1.82) is 0 Å². The van der Waals surface area contributed by atoms with Gasteiger partial charge < -0.3 is 14.7 Å². The Morgan fingerprint density at radius 1 is 1.27 bits per heavy atom. The van der Waals surface area contributed by atoms with Crippen molar-refractivity contribution < 1.29 is 19.4 Å². The zero-order valence-electron chi connectivity index (χ0n) is 12.5. The number of nitrogens with zero attached hydrogens (tertiary/aromatic N) is 1. The molecule has 1 aromatic rings. The van der Waals surface area contributed by atoms with Crippen LogP contribution in [0.15, 0.2) is 30.3 Å². The Morgan fingerprint density at radius 2 is 2.00 bits per heavy atom. The molecule has 0 spiro atoms. The van der Waals surface area contributed by atoms with Gasteiger partial charge in [-0.25, -0.2) is 4.79 Å². The number of carbonyl (C=O) groups excluding carboxylic acids is 1. The van der Waals surface area contributed by atoms with Gasteiger partial charge in [-0.1, -0.05) is 36.8 Å². The average Bonchev–Trinajstić information content (AvgIpc) is 2.90. The molecule has 0 radical (unpaired) electrons. The van der Waals surface area contributed by atoms with Gasteiger partial charge >= 0.3 is 12.1 Å². The minimum atomic E-state index is -0.768. The molecule has 1 heterocycles. The van der Waals surface area contributed by atoms with Crippen LogP contribution in [-0.4, -0.2) is 35.2 Å². The van der Waals surface area contributed by atoms with Gasteiger partial charge in [0, 0.05) is 13.1 Å². The van der Waals surface area contributed by atoms with Crippen LogP contribution in [0.1, 0.15) is 31.2 Å². The summed E-state index contributed by atoms with van der Waals surface area (Å²) in [7, 11) is 0. The van der Waals surface area contributed by atoms with Crippen LogP contribution < -0.4 is 0 Å². The highest BCUT2D eigenvalue weighted by atomic mass is 16.6. The minimum absolute atomic E-state index is 0.205. The summed E-state index contributed by atoms with van der Waals surface area (Å²) >= 11 is 0. The molecule has 5 nitrogen and oxygen atoms in total. The normalized spacial score (nSPS) is 24.8. The molecule has 5 heteroatoms. The number of benzene rings is 1. The molecule has 118 valence electrons. The summed E-state index contributed by atoms with van der Waals surface area (Å²) in [6.07, 6.45) is 3.13.